The second kappa shape index (κ2) is 9.89. The number of unbranched alkanes of at least 4 members (excludes halogenated alkanes) is 5. The van der Waals surface area contributed by atoms with E-state index in [1.807, 2.05) is 12.1 Å². The molecule has 1 rings (SSSR count). The van der Waals surface area contributed by atoms with E-state index in [4.69, 9.17) is 5.73 Å². The van der Waals surface area contributed by atoms with Gasteiger partial charge in [-0.1, -0.05) is 77.0 Å². The highest BCUT2D eigenvalue weighted by molar-refractivity contribution is 5.48. The van der Waals surface area contributed by atoms with E-state index in [1.54, 1.807) is 0 Å². The maximum absolute atomic E-state index is 6.12. The highest BCUT2D eigenvalue weighted by Crippen LogP contribution is 2.31. The van der Waals surface area contributed by atoms with Crippen LogP contribution >= 0.6 is 0 Å². The molecule has 2 N–H and O–H groups in total. The Bertz CT molecular complexity index is 332. The summed E-state index contributed by atoms with van der Waals surface area (Å²) in [7, 11) is 0. The fourth-order valence-electron chi connectivity index (χ4n) is 2.86. The highest BCUT2D eigenvalue weighted by atomic mass is 14.6. The summed E-state index contributed by atoms with van der Waals surface area (Å²) in [6.07, 6.45) is 12.1. The fourth-order valence-corrected chi connectivity index (χ4v) is 2.86. The number of benzene rings is 1. The van der Waals surface area contributed by atoms with Crippen LogP contribution in [-0.2, 0) is 0 Å². The summed E-state index contributed by atoms with van der Waals surface area (Å²) in [6.45, 7) is 4.54. The van der Waals surface area contributed by atoms with Crippen molar-refractivity contribution in [1.29, 1.82) is 0 Å². The van der Waals surface area contributed by atoms with Gasteiger partial charge in [0, 0.05) is 5.69 Å². The maximum atomic E-state index is 6.12. The average molecular weight is 261 g/mol. The van der Waals surface area contributed by atoms with Crippen molar-refractivity contribution in [2.24, 2.45) is 0 Å². The molecule has 1 aromatic rings. The SMILES string of the molecule is CCCCCCCCC(CCC)c1ccccc1N. The first-order valence-corrected chi connectivity index (χ1v) is 8.14. The zero-order chi connectivity index (χ0) is 13.9. The molecule has 0 amide bonds. The average Bonchev–Trinajstić information content (AvgIpc) is 2.42. The van der Waals surface area contributed by atoms with Gasteiger partial charge in [-0.15, -0.1) is 0 Å². The first kappa shape index (κ1) is 16.1. The van der Waals surface area contributed by atoms with Gasteiger partial charge in [0.1, 0.15) is 0 Å². The predicted octanol–water partition coefficient (Wildman–Crippen LogP) is 5.90. The smallest absolute Gasteiger partial charge is 0.0349 e. The zero-order valence-electron chi connectivity index (χ0n) is 12.8. The minimum absolute atomic E-state index is 0.664. The summed E-state index contributed by atoms with van der Waals surface area (Å²) < 4.78 is 0. The van der Waals surface area contributed by atoms with Crippen molar-refractivity contribution in [1.82, 2.24) is 0 Å². The van der Waals surface area contributed by atoms with Gasteiger partial charge < -0.3 is 5.73 Å². The first-order valence-electron chi connectivity index (χ1n) is 8.14. The molecule has 0 saturated carbocycles. The lowest BCUT2D eigenvalue weighted by Gasteiger charge is -2.18. The normalized spacial score (nSPS) is 12.5. The molecule has 0 heterocycles. The topological polar surface area (TPSA) is 26.0 Å². The number of hydrogen-bond acceptors (Lipinski definition) is 1. The molecule has 1 aromatic carbocycles. The van der Waals surface area contributed by atoms with E-state index >= 15 is 0 Å². The molecule has 0 aliphatic carbocycles. The van der Waals surface area contributed by atoms with Crippen molar-refractivity contribution in [2.75, 3.05) is 5.73 Å². The van der Waals surface area contributed by atoms with Crippen LogP contribution in [0.15, 0.2) is 24.3 Å². The lowest BCUT2D eigenvalue weighted by molar-refractivity contribution is 0.513. The molecule has 0 aromatic heterocycles. The predicted molar refractivity (Wildman–Crippen MR) is 86.5 cm³/mol. The van der Waals surface area contributed by atoms with Gasteiger partial charge in [0.15, 0.2) is 0 Å². The Morgan fingerprint density at radius 2 is 1.53 bits per heavy atom. The van der Waals surface area contributed by atoms with Crippen LogP contribution in [-0.4, -0.2) is 0 Å². The van der Waals surface area contributed by atoms with Crippen LogP contribution in [0.1, 0.15) is 83.1 Å². The van der Waals surface area contributed by atoms with Crippen LogP contribution in [0, 0.1) is 0 Å². The fraction of sp³-hybridized carbons (Fsp3) is 0.667. The molecule has 1 atom stereocenters. The van der Waals surface area contributed by atoms with E-state index in [0.29, 0.717) is 5.92 Å². The number of anilines is 1. The van der Waals surface area contributed by atoms with Crippen molar-refractivity contribution >= 4 is 5.69 Å². The highest BCUT2D eigenvalue weighted by Gasteiger charge is 2.12. The minimum Gasteiger partial charge on any atom is -0.398 e. The Kier molecular flexibility index (Phi) is 8.36. The van der Waals surface area contributed by atoms with Gasteiger partial charge in [-0.05, 0) is 30.4 Å². The third-order valence-electron chi connectivity index (χ3n) is 3.98. The van der Waals surface area contributed by atoms with Crippen LogP contribution in [0.4, 0.5) is 5.69 Å². The number of para-hydroxylation sites is 1. The lowest BCUT2D eigenvalue weighted by atomic mass is 9.88. The quantitative estimate of drug-likeness (QED) is 0.411. The van der Waals surface area contributed by atoms with Crippen molar-refractivity contribution < 1.29 is 0 Å². The van der Waals surface area contributed by atoms with E-state index in [1.165, 1.54) is 63.4 Å². The summed E-state index contributed by atoms with van der Waals surface area (Å²) in [5.74, 6) is 0.664. The largest absolute Gasteiger partial charge is 0.398 e. The molecule has 19 heavy (non-hydrogen) atoms. The Labute approximate surface area is 119 Å². The summed E-state index contributed by atoms with van der Waals surface area (Å²) in [4.78, 5) is 0. The Balaban J connectivity index is 2.39. The van der Waals surface area contributed by atoms with E-state index in [2.05, 4.69) is 26.0 Å². The monoisotopic (exact) mass is 261 g/mol. The summed E-state index contributed by atoms with van der Waals surface area (Å²) in [5.41, 5.74) is 8.47. The standard InChI is InChI=1S/C18H31N/c1-3-5-6-7-8-9-13-16(12-4-2)17-14-10-11-15-18(17)19/h10-11,14-16H,3-9,12-13,19H2,1-2H3. The second-order valence-electron chi connectivity index (χ2n) is 5.67. The Hall–Kier alpha value is -0.980. The first-order chi connectivity index (χ1) is 9.29. The number of nitrogen functional groups attached to an aromatic ring is 1. The van der Waals surface area contributed by atoms with E-state index in [-0.39, 0.29) is 0 Å². The number of hydrogen-bond donors (Lipinski definition) is 1. The zero-order valence-corrected chi connectivity index (χ0v) is 12.8. The molecular weight excluding hydrogens is 230 g/mol. The van der Waals surface area contributed by atoms with Crippen molar-refractivity contribution in [3.05, 3.63) is 29.8 Å². The van der Waals surface area contributed by atoms with Gasteiger partial charge in [-0.25, -0.2) is 0 Å². The number of nitrogens with two attached hydrogens (primary N) is 1. The van der Waals surface area contributed by atoms with Crippen LogP contribution in [0.2, 0.25) is 0 Å². The molecule has 0 saturated heterocycles. The summed E-state index contributed by atoms with van der Waals surface area (Å²) in [6, 6.07) is 8.41. The van der Waals surface area contributed by atoms with Crippen LogP contribution in [0.5, 0.6) is 0 Å². The molecule has 0 spiro atoms. The van der Waals surface area contributed by atoms with Gasteiger partial charge >= 0.3 is 0 Å². The van der Waals surface area contributed by atoms with Crippen LogP contribution < -0.4 is 5.73 Å². The molecule has 1 nitrogen and oxygen atoms in total. The van der Waals surface area contributed by atoms with Gasteiger partial charge in [-0.2, -0.15) is 0 Å². The lowest BCUT2D eigenvalue weighted by Crippen LogP contribution is -2.03. The van der Waals surface area contributed by atoms with Gasteiger partial charge in [0.05, 0.1) is 0 Å². The minimum atomic E-state index is 0.664. The molecular formula is C18H31N. The van der Waals surface area contributed by atoms with Gasteiger partial charge in [0.2, 0.25) is 0 Å². The van der Waals surface area contributed by atoms with Gasteiger partial charge in [-0.3, -0.25) is 0 Å². The summed E-state index contributed by atoms with van der Waals surface area (Å²) >= 11 is 0. The van der Waals surface area contributed by atoms with Crippen molar-refractivity contribution in [3.63, 3.8) is 0 Å². The molecule has 0 aliphatic heterocycles. The van der Waals surface area contributed by atoms with Crippen LogP contribution in [0.25, 0.3) is 0 Å². The summed E-state index contributed by atoms with van der Waals surface area (Å²) in [5, 5.41) is 0. The molecule has 108 valence electrons. The Morgan fingerprint density at radius 3 is 2.21 bits per heavy atom. The molecule has 1 heteroatoms. The van der Waals surface area contributed by atoms with E-state index in [9.17, 15) is 0 Å². The van der Waals surface area contributed by atoms with Gasteiger partial charge in [0.25, 0.3) is 0 Å². The molecule has 0 bridgehead atoms. The third kappa shape index (κ3) is 6.13. The Morgan fingerprint density at radius 1 is 0.842 bits per heavy atom. The molecule has 0 radical (unpaired) electrons. The molecule has 0 aliphatic rings. The van der Waals surface area contributed by atoms with Crippen molar-refractivity contribution in [3.8, 4) is 0 Å². The third-order valence-corrected chi connectivity index (χ3v) is 3.98. The second-order valence-corrected chi connectivity index (χ2v) is 5.67. The van der Waals surface area contributed by atoms with E-state index < -0.39 is 0 Å². The van der Waals surface area contributed by atoms with E-state index in [0.717, 1.165) is 5.69 Å². The van der Waals surface area contributed by atoms with Crippen LogP contribution in [0.3, 0.4) is 0 Å². The maximum Gasteiger partial charge on any atom is 0.0349 e. The molecule has 1 unspecified atom stereocenters. The number of rotatable bonds is 10. The molecule has 0 fully saturated rings. The van der Waals surface area contributed by atoms with Crippen molar-refractivity contribution in [2.45, 2.75) is 77.6 Å².